The number of ketones is 1. The maximum Gasteiger partial charge on any atom is 0.330 e. The number of esters is 1. The molecule has 3 rings (SSSR count). The van der Waals surface area contributed by atoms with Crippen LogP contribution < -0.4 is 21.4 Å². The van der Waals surface area contributed by atoms with Crippen LogP contribution in [0.2, 0.25) is 0 Å². The van der Waals surface area contributed by atoms with E-state index in [4.69, 9.17) is 9.57 Å². The lowest BCUT2D eigenvalue weighted by Crippen LogP contribution is -2.51. The Labute approximate surface area is 251 Å². The van der Waals surface area contributed by atoms with Crippen molar-refractivity contribution < 1.29 is 37.9 Å². The number of carbonyl (C=O) groups excluding carboxylic acids is 5. The van der Waals surface area contributed by atoms with Crippen molar-refractivity contribution >= 4 is 29.5 Å². The van der Waals surface area contributed by atoms with Gasteiger partial charge in [0.15, 0.2) is 5.78 Å². The summed E-state index contributed by atoms with van der Waals surface area (Å²) in [5.41, 5.74) is 3.33. The lowest BCUT2D eigenvalue weighted by atomic mass is 9.87. The number of halogens is 1. The third kappa shape index (κ3) is 10.5. The molecule has 2 aliphatic heterocycles. The number of hydroxylamine groups is 1. The van der Waals surface area contributed by atoms with Gasteiger partial charge in [0.2, 0.25) is 17.7 Å². The summed E-state index contributed by atoms with van der Waals surface area (Å²) in [5, 5.41) is 8.49. The van der Waals surface area contributed by atoms with E-state index in [2.05, 4.69) is 21.4 Å². The Morgan fingerprint density at radius 1 is 1.16 bits per heavy atom. The molecule has 1 aromatic carbocycles. The molecule has 2 fully saturated rings. The first-order valence-corrected chi connectivity index (χ1v) is 14.9. The van der Waals surface area contributed by atoms with Crippen LogP contribution in [0.3, 0.4) is 0 Å². The van der Waals surface area contributed by atoms with Gasteiger partial charge in [0.05, 0.1) is 18.8 Å². The van der Waals surface area contributed by atoms with Crippen LogP contribution in [-0.4, -0.2) is 66.9 Å². The van der Waals surface area contributed by atoms with Gasteiger partial charge in [-0.2, -0.15) is 5.48 Å². The molecule has 2 saturated heterocycles. The number of rotatable bonds is 15. The standard InChI is InChI=1S/C31H43FN4O7/c1-5-42-27(38)11-10-24(16-21-12-13-33-29(21)39)34-30(40)22(15-20-6-8-23(32)9-7-20)17-26(37)28(18(2)3)35-31(41)25-14-19(4)43-36-25/h6-11,18-19,21-22,24-25,28,36H,5,12-17H2,1-4H3,(H,33,39)(H,34,40)(H,35,41)/b11-10+/t19?,21-,22-,24-,25?,28+/m1/s1. The van der Waals surface area contributed by atoms with Gasteiger partial charge in [0.25, 0.3) is 0 Å². The van der Waals surface area contributed by atoms with Crippen LogP contribution >= 0.6 is 0 Å². The largest absolute Gasteiger partial charge is 0.463 e. The molecule has 4 N–H and O–H groups in total. The van der Waals surface area contributed by atoms with E-state index in [9.17, 15) is 28.4 Å². The normalized spacial score (nSPS) is 22.2. The number of hydrogen-bond donors (Lipinski definition) is 4. The molecule has 12 heteroatoms. The Hall–Kier alpha value is -3.64. The van der Waals surface area contributed by atoms with Crippen molar-refractivity contribution in [3.05, 3.63) is 47.8 Å². The zero-order chi connectivity index (χ0) is 31.5. The summed E-state index contributed by atoms with van der Waals surface area (Å²) in [5.74, 6) is -3.79. The second kappa shape index (κ2) is 16.3. The summed E-state index contributed by atoms with van der Waals surface area (Å²) in [4.78, 5) is 69.8. The summed E-state index contributed by atoms with van der Waals surface area (Å²) in [7, 11) is 0. The first-order valence-electron chi connectivity index (χ1n) is 14.9. The number of benzene rings is 1. The van der Waals surface area contributed by atoms with E-state index < -0.39 is 41.7 Å². The molecule has 236 valence electrons. The van der Waals surface area contributed by atoms with Gasteiger partial charge in [-0.05, 0) is 56.7 Å². The van der Waals surface area contributed by atoms with Crippen LogP contribution in [0.1, 0.15) is 58.9 Å². The molecule has 0 aromatic heterocycles. The van der Waals surface area contributed by atoms with E-state index in [1.807, 2.05) is 20.8 Å². The Kier molecular flexibility index (Phi) is 12.8. The smallest absolute Gasteiger partial charge is 0.330 e. The molecule has 0 saturated carbocycles. The number of amides is 3. The van der Waals surface area contributed by atoms with Gasteiger partial charge in [-0.25, -0.2) is 9.18 Å². The number of nitrogens with one attached hydrogen (secondary N) is 4. The molecule has 6 atom stereocenters. The van der Waals surface area contributed by atoms with Gasteiger partial charge in [-0.1, -0.05) is 32.1 Å². The van der Waals surface area contributed by atoms with E-state index in [1.165, 1.54) is 24.3 Å². The zero-order valence-corrected chi connectivity index (χ0v) is 25.2. The first-order chi connectivity index (χ1) is 20.5. The van der Waals surface area contributed by atoms with Crippen LogP contribution in [0, 0.1) is 23.6 Å². The highest BCUT2D eigenvalue weighted by atomic mass is 19.1. The monoisotopic (exact) mass is 602 g/mol. The Morgan fingerprint density at radius 3 is 2.47 bits per heavy atom. The van der Waals surface area contributed by atoms with E-state index in [-0.39, 0.29) is 61.4 Å². The van der Waals surface area contributed by atoms with Crippen molar-refractivity contribution in [1.29, 1.82) is 0 Å². The van der Waals surface area contributed by atoms with Crippen LogP contribution in [-0.2, 0) is 40.0 Å². The molecule has 43 heavy (non-hydrogen) atoms. The number of hydrogen-bond acceptors (Lipinski definition) is 8. The number of Topliss-reactive ketones (excluding diaryl/α,β-unsaturated/α-hetero) is 1. The highest BCUT2D eigenvalue weighted by molar-refractivity contribution is 5.94. The maximum absolute atomic E-state index is 13.7. The molecule has 2 heterocycles. The Morgan fingerprint density at radius 2 is 1.88 bits per heavy atom. The SMILES string of the molecule is CCOC(=O)/C=C/[C@H](C[C@H]1CCNC1=O)NC(=O)[C@@H](CC(=O)[C@@H](NC(=O)C1CC(C)ON1)C(C)C)Cc1ccc(F)cc1. The summed E-state index contributed by atoms with van der Waals surface area (Å²) < 4.78 is 18.6. The molecule has 3 amide bonds. The minimum atomic E-state index is -0.875. The van der Waals surface area contributed by atoms with Crippen molar-refractivity contribution in [2.45, 2.75) is 84.0 Å². The summed E-state index contributed by atoms with van der Waals surface area (Å²) in [6, 6.07) is 3.53. The van der Waals surface area contributed by atoms with Gasteiger partial charge in [0, 0.05) is 43.3 Å². The molecule has 1 aromatic rings. The Balaban J connectivity index is 1.80. The zero-order valence-electron chi connectivity index (χ0n) is 25.2. The average molecular weight is 603 g/mol. The van der Waals surface area contributed by atoms with Crippen LogP contribution in [0.15, 0.2) is 36.4 Å². The molecule has 0 spiro atoms. The molecule has 0 bridgehead atoms. The molecule has 0 radical (unpaired) electrons. The quantitative estimate of drug-likeness (QED) is 0.176. The van der Waals surface area contributed by atoms with Gasteiger partial charge in [-0.15, -0.1) is 0 Å². The lowest BCUT2D eigenvalue weighted by Gasteiger charge is -2.26. The van der Waals surface area contributed by atoms with Crippen molar-refractivity contribution in [3.8, 4) is 0 Å². The molecular weight excluding hydrogens is 559 g/mol. The van der Waals surface area contributed by atoms with Crippen LogP contribution in [0.4, 0.5) is 4.39 Å². The molecule has 11 nitrogen and oxygen atoms in total. The first kappa shape index (κ1) is 33.9. The maximum atomic E-state index is 13.7. The molecule has 0 aliphatic carbocycles. The van der Waals surface area contributed by atoms with Gasteiger partial charge < -0.3 is 20.7 Å². The second-order valence-corrected chi connectivity index (χ2v) is 11.5. The predicted molar refractivity (Wildman–Crippen MR) is 156 cm³/mol. The van der Waals surface area contributed by atoms with Crippen LogP contribution in [0.5, 0.6) is 0 Å². The summed E-state index contributed by atoms with van der Waals surface area (Å²) in [6.45, 7) is 7.83. The summed E-state index contributed by atoms with van der Waals surface area (Å²) in [6.07, 6.45) is 3.80. The fraction of sp³-hybridized carbons (Fsp3) is 0.581. The van der Waals surface area contributed by atoms with E-state index in [1.54, 1.807) is 19.1 Å². The van der Waals surface area contributed by atoms with Gasteiger partial charge in [0.1, 0.15) is 11.9 Å². The van der Waals surface area contributed by atoms with Crippen LogP contribution in [0.25, 0.3) is 0 Å². The highest BCUT2D eigenvalue weighted by Gasteiger charge is 2.35. The fourth-order valence-corrected chi connectivity index (χ4v) is 5.24. The Bertz CT molecular complexity index is 1170. The summed E-state index contributed by atoms with van der Waals surface area (Å²) >= 11 is 0. The fourth-order valence-electron chi connectivity index (χ4n) is 5.24. The van der Waals surface area contributed by atoms with E-state index >= 15 is 0 Å². The molecule has 2 unspecified atom stereocenters. The predicted octanol–water partition coefficient (Wildman–Crippen LogP) is 1.90. The highest BCUT2D eigenvalue weighted by Crippen LogP contribution is 2.21. The van der Waals surface area contributed by atoms with E-state index in [0.717, 1.165) is 0 Å². The third-order valence-corrected chi connectivity index (χ3v) is 7.60. The van der Waals surface area contributed by atoms with Gasteiger partial charge in [-0.3, -0.25) is 24.0 Å². The number of carbonyl (C=O) groups is 5. The minimum Gasteiger partial charge on any atom is -0.463 e. The second-order valence-electron chi connectivity index (χ2n) is 11.5. The van der Waals surface area contributed by atoms with Crippen molar-refractivity contribution in [2.75, 3.05) is 13.2 Å². The van der Waals surface area contributed by atoms with Crippen molar-refractivity contribution in [3.63, 3.8) is 0 Å². The van der Waals surface area contributed by atoms with E-state index in [0.29, 0.717) is 24.9 Å². The van der Waals surface area contributed by atoms with Crippen molar-refractivity contribution in [1.82, 2.24) is 21.4 Å². The lowest BCUT2D eigenvalue weighted by molar-refractivity contribution is -0.137. The molecule has 2 aliphatic rings. The topological polar surface area (TPSA) is 152 Å². The molecular formula is C31H43FN4O7. The minimum absolute atomic E-state index is 0.129. The average Bonchev–Trinajstić information content (AvgIpc) is 3.58. The third-order valence-electron chi connectivity index (χ3n) is 7.60. The van der Waals surface area contributed by atoms with Gasteiger partial charge >= 0.3 is 5.97 Å². The number of ether oxygens (including phenoxy) is 1. The van der Waals surface area contributed by atoms with Crippen molar-refractivity contribution in [2.24, 2.45) is 17.8 Å².